The standard InChI is InChI=1S/C24H16BrNO3/c25-21-9-5-4-8-20(21)22-14-17(15-23(26-22)24(27)28)16-10-12-19(13-11-16)29-18-6-2-1-3-7-18/h1-15H,(H,27,28). The molecule has 5 heteroatoms. The van der Waals surface area contributed by atoms with Crippen molar-refractivity contribution in [2.45, 2.75) is 0 Å². The van der Waals surface area contributed by atoms with Gasteiger partial charge < -0.3 is 9.84 Å². The largest absolute Gasteiger partial charge is 0.477 e. The van der Waals surface area contributed by atoms with Crippen LogP contribution in [0.15, 0.2) is 95.5 Å². The van der Waals surface area contributed by atoms with E-state index in [-0.39, 0.29) is 5.69 Å². The van der Waals surface area contributed by atoms with Crippen molar-refractivity contribution in [3.8, 4) is 33.9 Å². The van der Waals surface area contributed by atoms with E-state index < -0.39 is 5.97 Å². The molecule has 0 unspecified atom stereocenters. The van der Waals surface area contributed by atoms with Gasteiger partial charge in [-0.2, -0.15) is 0 Å². The minimum absolute atomic E-state index is 0.00198. The Hall–Kier alpha value is -3.44. The highest BCUT2D eigenvalue weighted by Gasteiger charge is 2.13. The quantitative estimate of drug-likeness (QED) is 0.372. The van der Waals surface area contributed by atoms with E-state index in [2.05, 4.69) is 20.9 Å². The van der Waals surface area contributed by atoms with Gasteiger partial charge in [0.25, 0.3) is 0 Å². The van der Waals surface area contributed by atoms with Crippen molar-refractivity contribution in [1.82, 2.24) is 4.98 Å². The average molecular weight is 446 g/mol. The van der Waals surface area contributed by atoms with Gasteiger partial charge in [0.05, 0.1) is 5.69 Å². The van der Waals surface area contributed by atoms with Gasteiger partial charge in [-0.1, -0.05) is 64.5 Å². The molecule has 4 aromatic rings. The molecule has 0 aliphatic rings. The third-order valence-corrected chi connectivity index (χ3v) is 5.05. The molecule has 29 heavy (non-hydrogen) atoms. The number of nitrogens with zero attached hydrogens (tertiary/aromatic N) is 1. The molecule has 1 heterocycles. The Morgan fingerprint density at radius 3 is 2.14 bits per heavy atom. The fourth-order valence-corrected chi connectivity index (χ4v) is 3.44. The Morgan fingerprint density at radius 2 is 1.45 bits per heavy atom. The number of para-hydroxylation sites is 1. The zero-order valence-electron chi connectivity index (χ0n) is 15.2. The number of ether oxygens (including phenoxy) is 1. The summed E-state index contributed by atoms with van der Waals surface area (Å²) in [7, 11) is 0. The molecular formula is C24H16BrNO3. The normalized spacial score (nSPS) is 10.5. The Labute approximate surface area is 176 Å². The van der Waals surface area contributed by atoms with E-state index in [0.717, 1.165) is 26.9 Å². The molecule has 0 aliphatic carbocycles. The SMILES string of the molecule is O=C(O)c1cc(-c2ccc(Oc3ccccc3)cc2)cc(-c2ccccc2Br)n1. The van der Waals surface area contributed by atoms with Crippen molar-refractivity contribution in [2.24, 2.45) is 0 Å². The molecule has 4 rings (SSSR count). The Balaban J connectivity index is 1.70. The second-order valence-electron chi connectivity index (χ2n) is 6.35. The first-order valence-electron chi connectivity index (χ1n) is 8.94. The zero-order chi connectivity index (χ0) is 20.2. The second-order valence-corrected chi connectivity index (χ2v) is 7.21. The van der Waals surface area contributed by atoms with Gasteiger partial charge in [-0.3, -0.25) is 0 Å². The summed E-state index contributed by atoms with van der Waals surface area (Å²) in [5.74, 6) is 0.399. The van der Waals surface area contributed by atoms with E-state index in [4.69, 9.17) is 4.74 Å². The molecule has 3 aromatic carbocycles. The lowest BCUT2D eigenvalue weighted by atomic mass is 10.0. The van der Waals surface area contributed by atoms with Gasteiger partial charge in [0.2, 0.25) is 0 Å². The minimum atomic E-state index is -1.07. The summed E-state index contributed by atoms with van der Waals surface area (Å²) in [5, 5.41) is 9.51. The van der Waals surface area contributed by atoms with E-state index in [1.54, 1.807) is 6.07 Å². The van der Waals surface area contributed by atoms with Gasteiger partial charge >= 0.3 is 5.97 Å². The number of aromatic carboxylic acids is 1. The summed E-state index contributed by atoms with van der Waals surface area (Å²) in [6.07, 6.45) is 0. The number of halogens is 1. The summed E-state index contributed by atoms with van der Waals surface area (Å²) < 4.78 is 6.68. The smallest absolute Gasteiger partial charge is 0.354 e. The predicted octanol–water partition coefficient (Wildman–Crippen LogP) is 6.67. The summed E-state index contributed by atoms with van der Waals surface area (Å²) in [5.41, 5.74) is 3.08. The highest BCUT2D eigenvalue weighted by Crippen LogP contribution is 2.32. The van der Waals surface area contributed by atoms with Crippen LogP contribution in [-0.4, -0.2) is 16.1 Å². The van der Waals surface area contributed by atoms with Crippen molar-refractivity contribution in [2.75, 3.05) is 0 Å². The lowest BCUT2D eigenvalue weighted by Gasteiger charge is -2.10. The lowest BCUT2D eigenvalue weighted by molar-refractivity contribution is 0.0690. The van der Waals surface area contributed by atoms with Gasteiger partial charge in [-0.15, -0.1) is 0 Å². The number of carboxylic acid groups (broad SMARTS) is 1. The third kappa shape index (κ3) is 4.36. The highest BCUT2D eigenvalue weighted by molar-refractivity contribution is 9.10. The second kappa shape index (κ2) is 8.29. The number of benzene rings is 3. The number of aromatic nitrogens is 1. The van der Waals surface area contributed by atoms with Crippen molar-refractivity contribution in [3.05, 3.63) is 101 Å². The van der Waals surface area contributed by atoms with Gasteiger partial charge in [-0.05, 0) is 53.6 Å². The first kappa shape index (κ1) is 18.9. The fraction of sp³-hybridized carbons (Fsp3) is 0. The molecule has 0 aliphatic heterocycles. The lowest BCUT2D eigenvalue weighted by Crippen LogP contribution is -2.02. The van der Waals surface area contributed by atoms with Crippen molar-refractivity contribution in [3.63, 3.8) is 0 Å². The summed E-state index contributed by atoms with van der Waals surface area (Å²) >= 11 is 3.51. The molecule has 1 N–H and O–H groups in total. The van der Waals surface area contributed by atoms with Crippen molar-refractivity contribution in [1.29, 1.82) is 0 Å². The summed E-state index contributed by atoms with van der Waals surface area (Å²) in [4.78, 5) is 15.9. The molecule has 0 saturated carbocycles. The predicted molar refractivity (Wildman–Crippen MR) is 116 cm³/mol. The van der Waals surface area contributed by atoms with Gasteiger partial charge in [0.1, 0.15) is 17.2 Å². The highest BCUT2D eigenvalue weighted by atomic mass is 79.9. The monoisotopic (exact) mass is 445 g/mol. The van der Waals surface area contributed by atoms with Crippen LogP contribution in [0.3, 0.4) is 0 Å². The van der Waals surface area contributed by atoms with Crippen LogP contribution in [0.2, 0.25) is 0 Å². The summed E-state index contributed by atoms with van der Waals surface area (Å²) in [6.45, 7) is 0. The molecule has 0 atom stereocenters. The van der Waals surface area contributed by atoms with Crippen LogP contribution in [-0.2, 0) is 0 Å². The third-order valence-electron chi connectivity index (χ3n) is 4.36. The van der Waals surface area contributed by atoms with Gasteiger partial charge in [0, 0.05) is 10.0 Å². The van der Waals surface area contributed by atoms with E-state index in [1.165, 1.54) is 0 Å². The van der Waals surface area contributed by atoms with E-state index in [1.807, 2.05) is 84.9 Å². The number of hydrogen-bond acceptors (Lipinski definition) is 3. The molecule has 142 valence electrons. The van der Waals surface area contributed by atoms with Crippen LogP contribution < -0.4 is 4.74 Å². The number of pyridine rings is 1. The van der Waals surface area contributed by atoms with Crippen molar-refractivity contribution >= 4 is 21.9 Å². The molecule has 0 fully saturated rings. The number of carboxylic acids is 1. The van der Waals surface area contributed by atoms with Crippen LogP contribution >= 0.6 is 15.9 Å². The maximum Gasteiger partial charge on any atom is 0.354 e. The molecule has 4 nitrogen and oxygen atoms in total. The summed E-state index contributed by atoms with van der Waals surface area (Å²) in [6, 6.07) is 28.1. The first-order chi connectivity index (χ1) is 14.1. The van der Waals surface area contributed by atoms with Crippen LogP contribution in [0.4, 0.5) is 0 Å². The van der Waals surface area contributed by atoms with Crippen molar-refractivity contribution < 1.29 is 14.6 Å². The maximum atomic E-state index is 11.6. The van der Waals surface area contributed by atoms with Crippen LogP contribution in [0.5, 0.6) is 11.5 Å². The van der Waals surface area contributed by atoms with Crippen LogP contribution in [0.1, 0.15) is 10.5 Å². The van der Waals surface area contributed by atoms with E-state index in [9.17, 15) is 9.90 Å². The fourth-order valence-electron chi connectivity index (χ4n) is 2.95. The molecule has 0 bridgehead atoms. The zero-order valence-corrected chi connectivity index (χ0v) is 16.8. The first-order valence-corrected chi connectivity index (χ1v) is 9.73. The van der Waals surface area contributed by atoms with E-state index >= 15 is 0 Å². The van der Waals surface area contributed by atoms with E-state index in [0.29, 0.717) is 11.4 Å². The molecule has 0 spiro atoms. The van der Waals surface area contributed by atoms with Gasteiger partial charge in [0.15, 0.2) is 0 Å². The molecule has 0 amide bonds. The van der Waals surface area contributed by atoms with Crippen LogP contribution in [0.25, 0.3) is 22.4 Å². The minimum Gasteiger partial charge on any atom is -0.477 e. The Kier molecular flexibility index (Phi) is 5.40. The Morgan fingerprint density at radius 1 is 0.793 bits per heavy atom. The number of rotatable bonds is 5. The molecular weight excluding hydrogens is 430 g/mol. The maximum absolute atomic E-state index is 11.6. The topological polar surface area (TPSA) is 59.4 Å². The van der Waals surface area contributed by atoms with Crippen LogP contribution in [0, 0.1) is 0 Å². The molecule has 0 saturated heterocycles. The molecule has 1 aromatic heterocycles. The average Bonchev–Trinajstić information content (AvgIpc) is 2.75. The number of hydrogen-bond donors (Lipinski definition) is 1. The van der Waals surface area contributed by atoms with Gasteiger partial charge in [-0.25, -0.2) is 9.78 Å². The number of carbonyl (C=O) groups is 1. The Bertz CT molecular complexity index is 1160. The molecule has 0 radical (unpaired) electrons.